The number of nitrogens with two attached hydrogens (primary N) is 1. The highest BCUT2D eigenvalue weighted by atomic mass is 16.5. The van der Waals surface area contributed by atoms with Gasteiger partial charge in [0.15, 0.2) is 5.69 Å². The Labute approximate surface area is 117 Å². The molecule has 1 fully saturated rings. The number of aromatic nitrogens is 1. The number of carbonyl (C=O) groups is 1. The molecule has 1 aliphatic carbocycles. The van der Waals surface area contributed by atoms with Gasteiger partial charge in [-0.2, -0.15) is 0 Å². The zero-order chi connectivity index (χ0) is 14.1. The van der Waals surface area contributed by atoms with E-state index in [4.69, 9.17) is 10.3 Å². The minimum atomic E-state index is -0.218. The predicted molar refractivity (Wildman–Crippen MR) is 75.2 cm³/mol. The fraction of sp³-hybridized carbons (Fsp3) is 0.333. The molecule has 1 heterocycles. The maximum absolute atomic E-state index is 12.1. The molecule has 3 rings (SSSR count). The normalized spacial score (nSPS) is 15.8. The first-order valence-corrected chi connectivity index (χ1v) is 6.76. The van der Waals surface area contributed by atoms with Gasteiger partial charge in [-0.25, -0.2) is 0 Å². The Bertz CT molecular complexity index is 614. The Hall–Kier alpha value is -2.30. The number of rotatable bonds is 4. The quantitative estimate of drug-likeness (QED) is 0.837. The van der Waals surface area contributed by atoms with Crippen LogP contribution in [0.4, 0.5) is 5.69 Å². The lowest BCUT2D eigenvalue weighted by molar-refractivity contribution is 0.0930. The number of nitrogens with zero attached hydrogens (tertiary/aromatic N) is 1. The summed E-state index contributed by atoms with van der Waals surface area (Å²) in [5.41, 5.74) is 7.69. The van der Waals surface area contributed by atoms with Crippen LogP contribution in [-0.4, -0.2) is 11.1 Å². The van der Waals surface area contributed by atoms with Gasteiger partial charge in [-0.1, -0.05) is 17.3 Å². The Balaban J connectivity index is 1.66. The van der Waals surface area contributed by atoms with Gasteiger partial charge in [-0.05, 0) is 37.5 Å². The van der Waals surface area contributed by atoms with Crippen LogP contribution in [0.2, 0.25) is 0 Å². The van der Waals surface area contributed by atoms with Crippen molar-refractivity contribution in [1.82, 2.24) is 10.5 Å². The zero-order valence-electron chi connectivity index (χ0n) is 11.3. The molecule has 5 nitrogen and oxygen atoms in total. The van der Waals surface area contributed by atoms with Gasteiger partial charge in [0.1, 0.15) is 5.76 Å². The van der Waals surface area contributed by atoms with Crippen LogP contribution in [0.15, 0.2) is 34.9 Å². The van der Waals surface area contributed by atoms with Crippen molar-refractivity contribution in [2.24, 2.45) is 0 Å². The van der Waals surface area contributed by atoms with Crippen LogP contribution >= 0.6 is 0 Å². The van der Waals surface area contributed by atoms with Crippen LogP contribution in [0.25, 0.3) is 0 Å². The van der Waals surface area contributed by atoms with Crippen molar-refractivity contribution in [3.05, 3.63) is 47.3 Å². The molecule has 104 valence electrons. The van der Waals surface area contributed by atoms with E-state index in [9.17, 15) is 4.79 Å². The molecule has 5 heteroatoms. The monoisotopic (exact) mass is 271 g/mol. The molecule has 3 N–H and O–H groups in total. The highest BCUT2D eigenvalue weighted by Crippen LogP contribution is 2.40. The summed E-state index contributed by atoms with van der Waals surface area (Å²) < 4.78 is 5.19. The fourth-order valence-electron chi connectivity index (χ4n) is 2.10. The Morgan fingerprint density at radius 3 is 2.75 bits per heavy atom. The summed E-state index contributed by atoms with van der Waals surface area (Å²) in [7, 11) is 0. The number of carbonyl (C=O) groups excluding carboxylic acids is 1. The molecule has 0 bridgehead atoms. The van der Waals surface area contributed by atoms with Crippen LogP contribution < -0.4 is 11.1 Å². The van der Waals surface area contributed by atoms with Gasteiger partial charge < -0.3 is 15.6 Å². The van der Waals surface area contributed by atoms with Gasteiger partial charge in [0.2, 0.25) is 0 Å². The van der Waals surface area contributed by atoms with E-state index < -0.39 is 0 Å². The third kappa shape index (κ3) is 2.66. The Morgan fingerprint density at radius 2 is 2.10 bits per heavy atom. The van der Waals surface area contributed by atoms with Crippen LogP contribution in [0.1, 0.15) is 53.5 Å². The number of anilines is 1. The Kier molecular flexibility index (Phi) is 3.18. The van der Waals surface area contributed by atoms with E-state index in [0.29, 0.717) is 17.3 Å². The van der Waals surface area contributed by atoms with Gasteiger partial charge in [-0.15, -0.1) is 0 Å². The van der Waals surface area contributed by atoms with Crippen molar-refractivity contribution in [2.45, 2.75) is 31.7 Å². The fourth-order valence-corrected chi connectivity index (χ4v) is 2.10. The van der Waals surface area contributed by atoms with Crippen molar-refractivity contribution < 1.29 is 9.32 Å². The van der Waals surface area contributed by atoms with Crippen LogP contribution in [0, 0.1) is 0 Å². The van der Waals surface area contributed by atoms with Crippen molar-refractivity contribution in [3.63, 3.8) is 0 Å². The maximum atomic E-state index is 12.1. The molecule has 1 unspecified atom stereocenters. The molecule has 1 aliphatic rings. The SMILES string of the molecule is CC(NC(=O)c1cc(C2CC2)on1)c1ccc(N)cc1. The molecule has 20 heavy (non-hydrogen) atoms. The van der Waals surface area contributed by atoms with Gasteiger partial charge in [0.25, 0.3) is 5.91 Å². The predicted octanol–water partition coefficient (Wildman–Crippen LogP) is 2.63. The zero-order valence-corrected chi connectivity index (χ0v) is 11.3. The second kappa shape index (κ2) is 5.00. The summed E-state index contributed by atoms with van der Waals surface area (Å²) in [6.07, 6.45) is 2.25. The molecule has 0 radical (unpaired) electrons. The van der Waals surface area contributed by atoms with E-state index in [1.165, 1.54) is 0 Å². The molecule has 0 aliphatic heterocycles. The summed E-state index contributed by atoms with van der Waals surface area (Å²) in [4.78, 5) is 12.1. The van der Waals surface area contributed by atoms with E-state index >= 15 is 0 Å². The van der Waals surface area contributed by atoms with E-state index in [1.54, 1.807) is 6.07 Å². The molecular formula is C15H17N3O2. The highest BCUT2D eigenvalue weighted by molar-refractivity contribution is 5.92. The smallest absolute Gasteiger partial charge is 0.273 e. The lowest BCUT2D eigenvalue weighted by atomic mass is 10.1. The number of hydrogen-bond acceptors (Lipinski definition) is 4. The Morgan fingerprint density at radius 1 is 1.40 bits per heavy atom. The first kappa shape index (κ1) is 12.7. The topological polar surface area (TPSA) is 81.2 Å². The molecule has 1 atom stereocenters. The second-order valence-corrected chi connectivity index (χ2v) is 5.25. The van der Waals surface area contributed by atoms with Crippen LogP contribution in [-0.2, 0) is 0 Å². The third-order valence-corrected chi connectivity index (χ3v) is 3.52. The molecule has 0 saturated heterocycles. The summed E-state index contributed by atoms with van der Waals surface area (Å²) >= 11 is 0. The van der Waals surface area contributed by atoms with Gasteiger partial charge in [0.05, 0.1) is 6.04 Å². The summed E-state index contributed by atoms with van der Waals surface area (Å²) in [5, 5.41) is 6.73. The average Bonchev–Trinajstić information content (AvgIpc) is 3.17. The molecule has 1 saturated carbocycles. The lowest BCUT2D eigenvalue weighted by Crippen LogP contribution is -2.26. The average molecular weight is 271 g/mol. The number of benzene rings is 1. The summed E-state index contributed by atoms with van der Waals surface area (Å²) in [5.74, 6) is 1.05. The van der Waals surface area contributed by atoms with Crippen LogP contribution in [0.5, 0.6) is 0 Å². The molecule has 1 amide bonds. The highest BCUT2D eigenvalue weighted by Gasteiger charge is 2.29. The van der Waals surface area contributed by atoms with Crippen LogP contribution in [0.3, 0.4) is 0 Å². The first-order valence-electron chi connectivity index (χ1n) is 6.76. The number of hydrogen-bond donors (Lipinski definition) is 2. The number of nitrogens with one attached hydrogen (secondary N) is 1. The van der Waals surface area contributed by atoms with Crippen molar-refractivity contribution in [2.75, 3.05) is 5.73 Å². The number of nitrogen functional groups attached to an aromatic ring is 1. The molecule has 1 aromatic heterocycles. The molecular weight excluding hydrogens is 254 g/mol. The van der Waals surface area contributed by atoms with Crippen molar-refractivity contribution in [1.29, 1.82) is 0 Å². The minimum Gasteiger partial charge on any atom is -0.399 e. The van der Waals surface area contributed by atoms with Gasteiger partial charge in [-0.3, -0.25) is 4.79 Å². The van der Waals surface area contributed by atoms with E-state index in [2.05, 4.69) is 10.5 Å². The van der Waals surface area contributed by atoms with Gasteiger partial charge in [0, 0.05) is 17.7 Å². The minimum absolute atomic E-state index is 0.107. The summed E-state index contributed by atoms with van der Waals surface area (Å²) in [6.45, 7) is 1.92. The van der Waals surface area contributed by atoms with E-state index in [-0.39, 0.29) is 11.9 Å². The first-order chi connectivity index (χ1) is 9.63. The van der Waals surface area contributed by atoms with E-state index in [1.807, 2.05) is 31.2 Å². The molecule has 1 aromatic carbocycles. The standard InChI is InChI=1S/C15H17N3O2/c1-9(10-4-6-12(16)7-5-10)17-15(19)13-8-14(20-18-13)11-2-3-11/h4-9,11H,2-3,16H2,1H3,(H,17,19). The molecule has 2 aromatic rings. The number of amides is 1. The maximum Gasteiger partial charge on any atom is 0.273 e. The second-order valence-electron chi connectivity index (χ2n) is 5.25. The van der Waals surface area contributed by atoms with E-state index in [0.717, 1.165) is 24.2 Å². The van der Waals surface area contributed by atoms with Gasteiger partial charge >= 0.3 is 0 Å². The largest absolute Gasteiger partial charge is 0.399 e. The third-order valence-electron chi connectivity index (χ3n) is 3.52. The van der Waals surface area contributed by atoms with Crippen molar-refractivity contribution in [3.8, 4) is 0 Å². The van der Waals surface area contributed by atoms with Crippen molar-refractivity contribution >= 4 is 11.6 Å². The molecule has 0 spiro atoms. The lowest BCUT2D eigenvalue weighted by Gasteiger charge is -2.13. The summed E-state index contributed by atoms with van der Waals surface area (Å²) in [6, 6.07) is 9.07.